The van der Waals surface area contributed by atoms with Gasteiger partial charge in [-0.05, 0) is 31.2 Å². The number of amides is 1. The molecule has 134 valence electrons. The van der Waals surface area contributed by atoms with Gasteiger partial charge in [-0.2, -0.15) is 0 Å². The third-order valence-corrected chi connectivity index (χ3v) is 4.53. The second kappa shape index (κ2) is 7.76. The SMILES string of the molecule is CC(OC(=O)Cn1cnc2ccccc21)C(=O)Nc1cccc(Cl)c1Cl. The van der Waals surface area contributed by atoms with Gasteiger partial charge in [0.05, 0.1) is 33.1 Å². The van der Waals surface area contributed by atoms with Crippen molar-refractivity contribution in [3.8, 4) is 0 Å². The fourth-order valence-corrected chi connectivity index (χ4v) is 2.75. The number of benzene rings is 2. The van der Waals surface area contributed by atoms with E-state index in [4.69, 9.17) is 27.9 Å². The van der Waals surface area contributed by atoms with E-state index in [9.17, 15) is 9.59 Å². The van der Waals surface area contributed by atoms with Gasteiger partial charge in [-0.15, -0.1) is 0 Å². The molecule has 0 aliphatic carbocycles. The number of esters is 1. The maximum absolute atomic E-state index is 12.2. The highest BCUT2D eigenvalue weighted by Crippen LogP contribution is 2.29. The molecule has 0 aliphatic heterocycles. The standard InChI is InChI=1S/C18H15Cl2N3O3/c1-11(18(25)22-14-7-4-5-12(19)17(14)20)26-16(24)9-23-10-21-13-6-2-3-8-15(13)23/h2-8,10-11H,9H2,1H3,(H,22,25). The fourth-order valence-electron chi connectivity index (χ4n) is 2.40. The minimum Gasteiger partial charge on any atom is -0.451 e. The van der Waals surface area contributed by atoms with Crippen molar-refractivity contribution < 1.29 is 14.3 Å². The Morgan fingerprint density at radius 1 is 1.19 bits per heavy atom. The summed E-state index contributed by atoms with van der Waals surface area (Å²) in [5.74, 6) is -1.05. The Bertz CT molecular complexity index is 971. The number of anilines is 1. The summed E-state index contributed by atoms with van der Waals surface area (Å²) in [5, 5.41) is 3.14. The van der Waals surface area contributed by atoms with Gasteiger partial charge in [-0.25, -0.2) is 4.98 Å². The number of halogens is 2. The maximum atomic E-state index is 12.2. The van der Waals surface area contributed by atoms with Crippen LogP contribution in [-0.2, 0) is 20.9 Å². The molecule has 1 aromatic heterocycles. The average Bonchev–Trinajstić information content (AvgIpc) is 3.02. The Morgan fingerprint density at radius 2 is 1.96 bits per heavy atom. The van der Waals surface area contributed by atoms with Gasteiger partial charge in [0.15, 0.2) is 6.10 Å². The topological polar surface area (TPSA) is 73.2 Å². The summed E-state index contributed by atoms with van der Waals surface area (Å²) >= 11 is 11.9. The smallest absolute Gasteiger partial charge is 0.326 e. The van der Waals surface area contributed by atoms with Gasteiger partial charge >= 0.3 is 5.97 Å². The van der Waals surface area contributed by atoms with Crippen LogP contribution in [0, 0.1) is 0 Å². The molecular weight excluding hydrogens is 377 g/mol. The van der Waals surface area contributed by atoms with Gasteiger partial charge in [-0.1, -0.05) is 41.4 Å². The van der Waals surface area contributed by atoms with Gasteiger partial charge < -0.3 is 14.6 Å². The third-order valence-electron chi connectivity index (χ3n) is 3.71. The minimum atomic E-state index is -0.993. The van der Waals surface area contributed by atoms with E-state index in [0.717, 1.165) is 11.0 Å². The fraction of sp³-hybridized carbons (Fsp3) is 0.167. The highest BCUT2D eigenvalue weighted by Gasteiger charge is 2.20. The summed E-state index contributed by atoms with van der Waals surface area (Å²) < 4.78 is 6.86. The summed E-state index contributed by atoms with van der Waals surface area (Å²) in [7, 11) is 0. The van der Waals surface area contributed by atoms with Gasteiger partial charge in [0, 0.05) is 0 Å². The van der Waals surface area contributed by atoms with E-state index >= 15 is 0 Å². The molecule has 8 heteroatoms. The van der Waals surface area contributed by atoms with E-state index in [-0.39, 0.29) is 11.6 Å². The van der Waals surface area contributed by atoms with Crippen LogP contribution in [0.4, 0.5) is 5.69 Å². The minimum absolute atomic E-state index is 0.0456. The molecule has 0 radical (unpaired) electrons. The first-order valence-electron chi connectivity index (χ1n) is 7.80. The second-order valence-electron chi connectivity index (χ2n) is 5.58. The van der Waals surface area contributed by atoms with E-state index < -0.39 is 18.0 Å². The molecule has 1 atom stereocenters. The zero-order chi connectivity index (χ0) is 18.7. The Hall–Kier alpha value is -2.57. The van der Waals surface area contributed by atoms with Crippen LogP contribution in [0.15, 0.2) is 48.8 Å². The average molecular weight is 392 g/mol. The lowest BCUT2D eigenvalue weighted by Gasteiger charge is -2.15. The first-order chi connectivity index (χ1) is 12.5. The van der Waals surface area contributed by atoms with Crippen LogP contribution in [0.25, 0.3) is 11.0 Å². The number of ether oxygens (including phenoxy) is 1. The number of rotatable bonds is 5. The summed E-state index contributed by atoms with van der Waals surface area (Å²) in [6.07, 6.45) is 0.565. The summed E-state index contributed by atoms with van der Waals surface area (Å²) in [6, 6.07) is 12.3. The largest absolute Gasteiger partial charge is 0.451 e. The number of para-hydroxylation sites is 2. The van der Waals surface area contributed by atoms with Crippen molar-refractivity contribution in [3.63, 3.8) is 0 Å². The van der Waals surface area contributed by atoms with Crippen molar-refractivity contribution in [3.05, 3.63) is 58.8 Å². The van der Waals surface area contributed by atoms with Crippen LogP contribution in [0.3, 0.4) is 0 Å². The Morgan fingerprint density at radius 3 is 2.77 bits per heavy atom. The number of nitrogens with one attached hydrogen (secondary N) is 1. The van der Waals surface area contributed by atoms with Crippen LogP contribution in [-0.4, -0.2) is 27.5 Å². The zero-order valence-corrected chi connectivity index (χ0v) is 15.3. The van der Waals surface area contributed by atoms with Crippen LogP contribution in [0.2, 0.25) is 10.0 Å². The molecule has 3 rings (SSSR count). The normalized spacial score (nSPS) is 12.0. The van der Waals surface area contributed by atoms with Crippen molar-refractivity contribution in [2.75, 3.05) is 5.32 Å². The molecule has 0 fully saturated rings. The van der Waals surface area contributed by atoms with Gasteiger partial charge in [0.2, 0.25) is 0 Å². The number of hydrogen-bond donors (Lipinski definition) is 1. The molecule has 1 N–H and O–H groups in total. The highest BCUT2D eigenvalue weighted by molar-refractivity contribution is 6.44. The molecule has 2 aromatic carbocycles. The molecule has 0 bridgehead atoms. The number of nitrogens with zero attached hydrogens (tertiary/aromatic N) is 2. The summed E-state index contributed by atoms with van der Waals surface area (Å²) in [4.78, 5) is 28.6. The van der Waals surface area contributed by atoms with E-state index in [1.807, 2.05) is 24.3 Å². The number of carbonyl (C=O) groups excluding carboxylic acids is 2. The lowest BCUT2D eigenvalue weighted by atomic mass is 10.3. The highest BCUT2D eigenvalue weighted by atomic mass is 35.5. The van der Waals surface area contributed by atoms with Crippen molar-refractivity contribution in [1.82, 2.24) is 9.55 Å². The summed E-state index contributed by atoms with van der Waals surface area (Å²) in [6.45, 7) is 1.44. The molecule has 0 aliphatic rings. The maximum Gasteiger partial charge on any atom is 0.326 e. The molecule has 6 nitrogen and oxygen atoms in total. The predicted molar refractivity (Wildman–Crippen MR) is 100 cm³/mol. The first kappa shape index (κ1) is 18.2. The quantitative estimate of drug-likeness (QED) is 0.669. The zero-order valence-electron chi connectivity index (χ0n) is 13.8. The number of hydrogen-bond acceptors (Lipinski definition) is 4. The lowest BCUT2D eigenvalue weighted by Crippen LogP contribution is -2.31. The first-order valence-corrected chi connectivity index (χ1v) is 8.55. The van der Waals surface area contributed by atoms with Gasteiger partial charge in [-0.3, -0.25) is 9.59 Å². The number of imidazole rings is 1. The van der Waals surface area contributed by atoms with Crippen LogP contribution in [0.1, 0.15) is 6.92 Å². The van der Waals surface area contributed by atoms with Crippen LogP contribution < -0.4 is 5.32 Å². The van der Waals surface area contributed by atoms with Gasteiger partial charge in [0.1, 0.15) is 6.54 Å². The van der Waals surface area contributed by atoms with E-state index in [2.05, 4.69) is 10.3 Å². The number of aromatic nitrogens is 2. The predicted octanol–water partition coefficient (Wildman–Crippen LogP) is 3.91. The van der Waals surface area contributed by atoms with Crippen molar-refractivity contribution in [1.29, 1.82) is 0 Å². The van der Waals surface area contributed by atoms with Crippen LogP contribution in [0.5, 0.6) is 0 Å². The molecule has 1 heterocycles. The third kappa shape index (κ3) is 3.98. The van der Waals surface area contributed by atoms with E-state index in [1.165, 1.54) is 6.92 Å². The molecule has 26 heavy (non-hydrogen) atoms. The molecule has 1 amide bonds. The van der Waals surface area contributed by atoms with Crippen molar-refractivity contribution in [2.45, 2.75) is 19.6 Å². The van der Waals surface area contributed by atoms with E-state index in [1.54, 1.807) is 29.1 Å². The van der Waals surface area contributed by atoms with Gasteiger partial charge in [0.25, 0.3) is 5.91 Å². The number of fused-ring (bicyclic) bond motifs is 1. The van der Waals surface area contributed by atoms with Crippen molar-refractivity contribution in [2.24, 2.45) is 0 Å². The molecule has 0 saturated carbocycles. The molecule has 3 aromatic rings. The molecule has 1 unspecified atom stereocenters. The Kier molecular flexibility index (Phi) is 5.44. The Labute approximate surface area is 159 Å². The summed E-state index contributed by atoms with van der Waals surface area (Å²) in [5.41, 5.74) is 1.95. The monoisotopic (exact) mass is 391 g/mol. The van der Waals surface area contributed by atoms with Crippen LogP contribution >= 0.6 is 23.2 Å². The second-order valence-corrected chi connectivity index (χ2v) is 6.37. The molecule has 0 saturated heterocycles. The Balaban J connectivity index is 1.61. The molecule has 0 spiro atoms. The van der Waals surface area contributed by atoms with E-state index in [0.29, 0.717) is 10.7 Å². The number of carbonyl (C=O) groups is 2. The lowest BCUT2D eigenvalue weighted by molar-refractivity contribution is -0.153. The van der Waals surface area contributed by atoms with Crippen molar-refractivity contribution >= 4 is 51.8 Å². The molecular formula is C18H15Cl2N3O3.